The normalized spacial score (nSPS) is 38.4. The summed E-state index contributed by atoms with van der Waals surface area (Å²) in [6.07, 6.45) is 9.40. The van der Waals surface area contributed by atoms with Gasteiger partial charge in [0.25, 0.3) is 0 Å². The van der Waals surface area contributed by atoms with Gasteiger partial charge >= 0.3 is 0 Å². The number of ketones is 1. The van der Waals surface area contributed by atoms with Crippen LogP contribution in [0.3, 0.4) is 0 Å². The fraction of sp³-hybridized carbons (Fsp3) is 0.812. The first kappa shape index (κ1) is 15.0. The largest absolute Gasteiger partial charge is 0.377 e. The van der Waals surface area contributed by atoms with Gasteiger partial charge in [-0.25, -0.2) is 0 Å². The van der Waals surface area contributed by atoms with Gasteiger partial charge in [0.2, 0.25) is 0 Å². The molecule has 1 heterocycles. The van der Waals surface area contributed by atoms with Crippen LogP contribution in [0.2, 0.25) is 0 Å². The van der Waals surface area contributed by atoms with Crippen LogP contribution < -0.4 is 0 Å². The van der Waals surface area contributed by atoms with Crippen LogP contribution in [-0.2, 0) is 14.3 Å². The number of Topliss-reactive ketones (excluding diaryl/α,β-unsaturated/α-hetero) is 1. The molecule has 1 spiro atoms. The zero-order valence-corrected chi connectivity index (χ0v) is 14.2. The highest BCUT2D eigenvalue weighted by Crippen LogP contribution is 2.55. The Hall–Kier alpha value is 0.0600. The van der Waals surface area contributed by atoms with Crippen LogP contribution in [0, 0.1) is 11.8 Å². The lowest BCUT2D eigenvalue weighted by molar-refractivity contribution is -0.140. The van der Waals surface area contributed by atoms with Crippen LogP contribution in [-0.4, -0.2) is 30.7 Å². The molecule has 20 heavy (non-hydrogen) atoms. The van der Waals surface area contributed by atoms with Gasteiger partial charge in [-0.3, -0.25) is 4.79 Å². The number of halogens is 1. The minimum Gasteiger partial charge on any atom is -0.377 e. The first-order chi connectivity index (χ1) is 9.69. The second-order valence-electron chi connectivity index (χ2n) is 6.23. The third kappa shape index (κ3) is 2.59. The Kier molecular flexibility index (Phi) is 4.53. The van der Waals surface area contributed by atoms with E-state index in [9.17, 15) is 4.79 Å². The van der Waals surface area contributed by atoms with Crippen molar-refractivity contribution in [1.82, 2.24) is 0 Å². The molecule has 0 aromatic carbocycles. The van der Waals surface area contributed by atoms with Crippen molar-refractivity contribution in [3.63, 3.8) is 0 Å². The molecular formula is C16H23IO3. The number of hydrogen-bond acceptors (Lipinski definition) is 3. The molecule has 3 aliphatic carbocycles. The van der Waals surface area contributed by atoms with Gasteiger partial charge < -0.3 is 9.47 Å². The molecule has 1 saturated carbocycles. The summed E-state index contributed by atoms with van der Waals surface area (Å²) in [6.45, 7) is 3.64. The molecule has 0 amide bonds. The number of unbranched alkanes of at least 4 members (excludes halogenated alkanes) is 4. The zero-order chi connectivity index (χ0) is 14.2. The third-order valence-corrected chi connectivity index (χ3v) is 5.97. The number of carbonyl (C=O) groups is 1. The summed E-state index contributed by atoms with van der Waals surface area (Å²) in [5, 5.41) is 0. The lowest BCUT2D eigenvalue weighted by Crippen LogP contribution is -2.53. The Balaban J connectivity index is 1.50. The fourth-order valence-corrected chi connectivity index (χ4v) is 4.68. The molecule has 4 atom stereocenters. The van der Waals surface area contributed by atoms with Crippen LogP contribution in [0.4, 0.5) is 0 Å². The second kappa shape index (κ2) is 6.05. The Morgan fingerprint density at radius 1 is 1.40 bits per heavy atom. The van der Waals surface area contributed by atoms with Crippen molar-refractivity contribution in [2.24, 2.45) is 11.8 Å². The average Bonchev–Trinajstić information content (AvgIpc) is 3.22. The standard InChI is InChI=1S/C16H23IO3/c1-2-3-4-5-6-7-19-14-9-12-13(17)8-11(14)15(18)16(12)10-20-16/h8,11-12,14H,2-7,9-10H2,1H3/t11?,12?,14?,16-/m0/s1. The smallest absolute Gasteiger partial charge is 0.177 e. The molecule has 0 aromatic heterocycles. The van der Waals surface area contributed by atoms with E-state index in [1.807, 2.05) is 0 Å². The highest BCUT2D eigenvalue weighted by Gasteiger charge is 2.66. The maximum atomic E-state index is 12.4. The number of hydrogen-bond donors (Lipinski definition) is 0. The van der Waals surface area contributed by atoms with Crippen LogP contribution in [0.1, 0.15) is 45.4 Å². The minimum absolute atomic E-state index is 0.0648. The molecule has 0 aromatic rings. The second-order valence-corrected chi connectivity index (χ2v) is 7.48. The van der Waals surface area contributed by atoms with Gasteiger partial charge in [0.15, 0.2) is 11.4 Å². The van der Waals surface area contributed by atoms with E-state index in [0.717, 1.165) is 19.4 Å². The van der Waals surface area contributed by atoms with Crippen molar-refractivity contribution in [3.8, 4) is 0 Å². The molecule has 112 valence electrons. The molecule has 3 unspecified atom stereocenters. The highest BCUT2D eigenvalue weighted by molar-refractivity contribution is 14.1. The first-order valence-corrected chi connectivity index (χ1v) is 8.94. The highest BCUT2D eigenvalue weighted by atomic mass is 127. The van der Waals surface area contributed by atoms with Gasteiger partial charge in [0.1, 0.15) is 0 Å². The van der Waals surface area contributed by atoms with Crippen molar-refractivity contribution in [3.05, 3.63) is 9.66 Å². The quantitative estimate of drug-likeness (QED) is 0.379. The Morgan fingerprint density at radius 3 is 2.85 bits per heavy atom. The maximum Gasteiger partial charge on any atom is 0.177 e. The van der Waals surface area contributed by atoms with Gasteiger partial charge in [0.05, 0.1) is 18.6 Å². The lowest BCUT2D eigenvalue weighted by Gasteiger charge is -2.42. The summed E-state index contributed by atoms with van der Waals surface area (Å²) in [4.78, 5) is 12.4. The van der Waals surface area contributed by atoms with Gasteiger partial charge in [-0.2, -0.15) is 0 Å². The molecule has 2 bridgehead atoms. The average molecular weight is 390 g/mol. The maximum absolute atomic E-state index is 12.4. The first-order valence-electron chi connectivity index (χ1n) is 7.86. The van der Waals surface area contributed by atoms with E-state index in [1.54, 1.807) is 0 Å². The van der Waals surface area contributed by atoms with E-state index in [1.165, 1.54) is 29.3 Å². The summed E-state index contributed by atoms with van der Waals surface area (Å²) in [6, 6.07) is 0. The van der Waals surface area contributed by atoms with E-state index >= 15 is 0 Å². The number of carbonyl (C=O) groups excluding carboxylic acids is 1. The molecule has 4 heteroatoms. The summed E-state index contributed by atoms with van der Waals surface area (Å²) in [7, 11) is 0. The molecule has 1 saturated heterocycles. The van der Waals surface area contributed by atoms with Gasteiger partial charge in [-0.1, -0.05) is 38.7 Å². The summed E-state index contributed by atoms with van der Waals surface area (Å²) < 4.78 is 12.8. The number of epoxide rings is 1. The Labute approximate surface area is 134 Å². The van der Waals surface area contributed by atoms with E-state index in [4.69, 9.17) is 9.47 Å². The van der Waals surface area contributed by atoms with E-state index in [-0.39, 0.29) is 23.7 Å². The van der Waals surface area contributed by atoms with Gasteiger partial charge in [0, 0.05) is 12.5 Å². The third-order valence-electron chi connectivity index (χ3n) is 4.86. The molecular weight excluding hydrogens is 367 g/mol. The Morgan fingerprint density at radius 2 is 2.15 bits per heavy atom. The molecule has 4 aliphatic rings. The van der Waals surface area contributed by atoms with Crippen LogP contribution >= 0.6 is 22.6 Å². The molecule has 0 N–H and O–H groups in total. The fourth-order valence-electron chi connectivity index (χ4n) is 3.53. The SMILES string of the molecule is CCCCCCCOC1CC2C(I)=CC1C(=O)[C@]21CO1. The summed E-state index contributed by atoms with van der Waals surface area (Å²) in [5.41, 5.74) is -0.447. The van der Waals surface area contributed by atoms with Crippen LogP contribution in [0.5, 0.6) is 0 Å². The van der Waals surface area contributed by atoms with Crippen molar-refractivity contribution >= 4 is 28.4 Å². The van der Waals surface area contributed by atoms with Crippen molar-refractivity contribution in [2.75, 3.05) is 13.2 Å². The van der Waals surface area contributed by atoms with Gasteiger partial charge in [-0.05, 0) is 39.0 Å². The minimum atomic E-state index is -0.447. The van der Waals surface area contributed by atoms with Crippen LogP contribution in [0.15, 0.2) is 9.66 Å². The van der Waals surface area contributed by atoms with Crippen LogP contribution in [0.25, 0.3) is 0 Å². The predicted molar refractivity (Wildman–Crippen MR) is 85.9 cm³/mol. The van der Waals surface area contributed by atoms with E-state index < -0.39 is 5.60 Å². The van der Waals surface area contributed by atoms with Crippen molar-refractivity contribution < 1.29 is 14.3 Å². The molecule has 4 rings (SSSR count). The summed E-state index contributed by atoms with van der Waals surface area (Å²) >= 11 is 2.37. The molecule has 1 aliphatic heterocycles. The number of rotatable bonds is 7. The lowest BCUT2D eigenvalue weighted by atomic mass is 9.66. The predicted octanol–water partition coefficient (Wildman–Crippen LogP) is 3.65. The van der Waals surface area contributed by atoms with Crippen molar-refractivity contribution in [1.29, 1.82) is 0 Å². The van der Waals surface area contributed by atoms with Crippen molar-refractivity contribution in [2.45, 2.75) is 57.2 Å². The monoisotopic (exact) mass is 390 g/mol. The summed E-state index contributed by atoms with van der Waals surface area (Å²) in [5.74, 6) is 0.459. The molecule has 0 radical (unpaired) electrons. The zero-order valence-electron chi connectivity index (χ0n) is 12.1. The Bertz CT molecular complexity index is 414. The van der Waals surface area contributed by atoms with E-state index in [0.29, 0.717) is 6.61 Å². The van der Waals surface area contributed by atoms with Gasteiger partial charge in [-0.15, -0.1) is 0 Å². The van der Waals surface area contributed by atoms with E-state index in [2.05, 4.69) is 35.6 Å². The number of fused-ring (bicyclic) bond motifs is 1. The topological polar surface area (TPSA) is 38.8 Å². The number of ether oxygens (including phenoxy) is 2. The molecule has 2 fully saturated rings. The molecule has 3 nitrogen and oxygen atoms in total.